The Kier molecular flexibility index (Phi) is 5.19. The molecular weight excluding hydrogens is 324 g/mol. The van der Waals surface area contributed by atoms with E-state index in [4.69, 9.17) is 22.1 Å². The van der Waals surface area contributed by atoms with Crippen LogP contribution < -0.4 is 11.1 Å². The molecule has 126 valence electrons. The zero-order valence-electron chi connectivity index (χ0n) is 13.4. The zero-order valence-corrected chi connectivity index (χ0v) is 14.2. The van der Waals surface area contributed by atoms with Gasteiger partial charge < -0.3 is 15.8 Å². The minimum Gasteiger partial charge on any atom is -0.381 e. The van der Waals surface area contributed by atoms with Crippen molar-refractivity contribution in [1.29, 1.82) is 0 Å². The number of carbonyl (C=O) groups excluding carboxylic acids is 1. The van der Waals surface area contributed by atoms with Crippen LogP contribution in [0.15, 0.2) is 48.5 Å². The van der Waals surface area contributed by atoms with Crippen LogP contribution in [0.25, 0.3) is 11.1 Å². The first-order chi connectivity index (χ1) is 11.6. The van der Waals surface area contributed by atoms with Crippen molar-refractivity contribution in [3.05, 3.63) is 59.1 Å². The van der Waals surface area contributed by atoms with Gasteiger partial charge in [0.15, 0.2) is 0 Å². The molecule has 0 spiro atoms. The minimum atomic E-state index is -0.826. The van der Waals surface area contributed by atoms with Gasteiger partial charge in [-0.05, 0) is 41.7 Å². The number of carbonyl (C=O) groups is 1. The van der Waals surface area contributed by atoms with Crippen molar-refractivity contribution in [3.63, 3.8) is 0 Å². The normalized spacial score (nSPS) is 16.6. The highest BCUT2D eigenvalue weighted by atomic mass is 35.5. The SMILES string of the molecule is NC1(C(=O)NCc2ccccc2-c2ccc(Cl)cc2)CCOCC1. The second-order valence-electron chi connectivity index (χ2n) is 6.12. The van der Waals surface area contributed by atoms with E-state index in [1.165, 1.54) is 0 Å². The molecule has 5 heteroatoms. The topological polar surface area (TPSA) is 64.4 Å². The van der Waals surface area contributed by atoms with Crippen LogP contribution in [0, 0.1) is 0 Å². The Morgan fingerprint density at radius 2 is 1.79 bits per heavy atom. The van der Waals surface area contributed by atoms with Crippen LogP contribution in [0.5, 0.6) is 0 Å². The molecule has 3 N–H and O–H groups in total. The van der Waals surface area contributed by atoms with Gasteiger partial charge >= 0.3 is 0 Å². The van der Waals surface area contributed by atoms with Gasteiger partial charge in [-0.1, -0.05) is 48.0 Å². The van der Waals surface area contributed by atoms with Crippen molar-refractivity contribution in [2.24, 2.45) is 5.73 Å². The molecular formula is C19H21ClN2O2. The molecule has 1 saturated heterocycles. The Morgan fingerprint density at radius 3 is 2.50 bits per heavy atom. The summed E-state index contributed by atoms with van der Waals surface area (Å²) in [6, 6.07) is 15.7. The van der Waals surface area contributed by atoms with Gasteiger partial charge in [-0.2, -0.15) is 0 Å². The Morgan fingerprint density at radius 1 is 1.12 bits per heavy atom. The van der Waals surface area contributed by atoms with E-state index < -0.39 is 5.54 Å². The number of nitrogens with two attached hydrogens (primary N) is 1. The average Bonchev–Trinajstić information content (AvgIpc) is 2.61. The molecule has 2 aromatic carbocycles. The van der Waals surface area contributed by atoms with Gasteiger partial charge in [-0.25, -0.2) is 0 Å². The highest BCUT2D eigenvalue weighted by molar-refractivity contribution is 6.30. The van der Waals surface area contributed by atoms with E-state index in [9.17, 15) is 4.79 Å². The van der Waals surface area contributed by atoms with Crippen molar-refractivity contribution in [2.75, 3.05) is 13.2 Å². The highest BCUT2D eigenvalue weighted by Crippen LogP contribution is 2.25. The molecule has 2 aromatic rings. The van der Waals surface area contributed by atoms with Crippen molar-refractivity contribution < 1.29 is 9.53 Å². The second-order valence-corrected chi connectivity index (χ2v) is 6.55. The molecule has 1 amide bonds. The lowest BCUT2D eigenvalue weighted by atomic mass is 9.90. The number of rotatable bonds is 4. The van der Waals surface area contributed by atoms with Gasteiger partial charge in [0.1, 0.15) is 0 Å². The predicted molar refractivity (Wildman–Crippen MR) is 95.7 cm³/mol. The van der Waals surface area contributed by atoms with Gasteiger partial charge in [0.05, 0.1) is 5.54 Å². The van der Waals surface area contributed by atoms with E-state index in [1.807, 2.05) is 48.5 Å². The average molecular weight is 345 g/mol. The van der Waals surface area contributed by atoms with Gasteiger partial charge in [0.2, 0.25) is 5.91 Å². The summed E-state index contributed by atoms with van der Waals surface area (Å²) in [5.41, 5.74) is 8.59. The highest BCUT2D eigenvalue weighted by Gasteiger charge is 2.35. The Labute approximate surface area is 147 Å². The number of hydrogen-bond acceptors (Lipinski definition) is 3. The van der Waals surface area contributed by atoms with Crippen LogP contribution in [-0.2, 0) is 16.1 Å². The van der Waals surface area contributed by atoms with Crippen molar-refractivity contribution in [3.8, 4) is 11.1 Å². The number of amides is 1. The third kappa shape index (κ3) is 3.78. The molecule has 0 aliphatic carbocycles. The van der Waals surface area contributed by atoms with E-state index in [0.29, 0.717) is 37.6 Å². The van der Waals surface area contributed by atoms with Crippen LogP contribution in [-0.4, -0.2) is 24.7 Å². The number of ether oxygens (including phenoxy) is 1. The minimum absolute atomic E-state index is 0.114. The van der Waals surface area contributed by atoms with Crippen molar-refractivity contribution in [2.45, 2.75) is 24.9 Å². The lowest BCUT2D eigenvalue weighted by molar-refractivity contribution is -0.129. The molecule has 0 atom stereocenters. The summed E-state index contributed by atoms with van der Waals surface area (Å²) in [5.74, 6) is -0.114. The largest absolute Gasteiger partial charge is 0.381 e. The summed E-state index contributed by atoms with van der Waals surface area (Å²) in [5, 5.41) is 3.69. The molecule has 0 aromatic heterocycles. The lowest BCUT2D eigenvalue weighted by Crippen LogP contribution is -2.56. The van der Waals surface area contributed by atoms with Crippen molar-refractivity contribution >= 4 is 17.5 Å². The molecule has 0 unspecified atom stereocenters. The first-order valence-corrected chi connectivity index (χ1v) is 8.45. The fraction of sp³-hybridized carbons (Fsp3) is 0.316. The molecule has 0 bridgehead atoms. The van der Waals surface area contributed by atoms with Crippen LogP contribution in [0.2, 0.25) is 5.02 Å². The fourth-order valence-electron chi connectivity index (χ4n) is 2.90. The quantitative estimate of drug-likeness (QED) is 0.895. The number of nitrogens with one attached hydrogen (secondary N) is 1. The zero-order chi connectivity index (χ0) is 17.0. The van der Waals surface area contributed by atoms with Gasteiger partial charge in [-0.3, -0.25) is 4.79 Å². The maximum Gasteiger partial charge on any atom is 0.240 e. The summed E-state index contributed by atoms with van der Waals surface area (Å²) in [6.45, 7) is 1.51. The lowest BCUT2D eigenvalue weighted by Gasteiger charge is -2.31. The number of benzene rings is 2. The van der Waals surface area contributed by atoms with E-state index in [1.54, 1.807) is 0 Å². The van der Waals surface area contributed by atoms with Crippen LogP contribution in [0.1, 0.15) is 18.4 Å². The maximum absolute atomic E-state index is 12.5. The molecule has 3 rings (SSSR count). The van der Waals surface area contributed by atoms with Gasteiger partial charge in [0, 0.05) is 24.8 Å². The van der Waals surface area contributed by atoms with Crippen molar-refractivity contribution in [1.82, 2.24) is 5.32 Å². The Hall–Kier alpha value is -1.88. The number of hydrogen-bond donors (Lipinski definition) is 2. The first kappa shape index (κ1) is 17.0. The second kappa shape index (κ2) is 7.34. The molecule has 0 saturated carbocycles. The molecule has 0 radical (unpaired) electrons. The van der Waals surface area contributed by atoms with Crippen LogP contribution in [0.3, 0.4) is 0 Å². The Balaban J connectivity index is 1.74. The summed E-state index contributed by atoms with van der Waals surface area (Å²) >= 11 is 5.96. The number of halogens is 1. The third-order valence-corrected chi connectivity index (χ3v) is 4.70. The summed E-state index contributed by atoms with van der Waals surface area (Å²) in [7, 11) is 0. The smallest absolute Gasteiger partial charge is 0.240 e. The van der Waals surface area contributed by atoms with E-state index >= 15 is 0 Å². The first-order valence-electron chi connectivity index (χ1n) is 8.07. The van der Waals surface area contributed by atoms with Crippen LogP contribution >= 0.6 is 11.6 Å². The standard InChI is InChI=1S/C19H21ClN2O2/c20-16-7-5-14(6-8-16)17-4-2-1-3-15(17)13-22-18(23)19(21)9-11-24-12-10-19/h1-8H,9-13,21H2,(H,22,23). The Bertz CT molecular complexity index is 710. The molecule has 1 fully saturated rings. The summed E-state index contributed by atoms with van der Waals surface area (Å²) in [4.78, 5) is 12.5. The van der Waals surface area contributed by atoms with Crippen LogP contribution in [0.4, 0.5) is 0 Å². The van der Waals surface area contributed by atoms with E-state index in [2.05, 4.69) is 5.32 Å². The molecule has 4 nitrogen and oxygen atoms in total. The molecule has 24 heavy (non-hydrogen) atoms. The predicted octanol–water partition coefficient (Wildman–Crippen LogP) is 3.13. The molecule has 1 heterocycles. The molecule has 1 aliphatic heterocycles. The monoisotopic (exact) mass is 344 g/mol. The van der Waals surface area contributed by atoms with E-state index in [-0.39, 0.29) is 5.91 Å². The van der Waals surface area contributed by atoms with Gasteiger partial charge in [0.25, 0.3) is 0 Å². The summed E-state index contributed by atoms with van der Waals surface area (Å²) in [6.07, 6.45) is 1.11. The summed E-state index contributed by atoms with van der Waals surface area (Å²) < 4.78 is 5.29. The third-order valence-electron chi connectivity index (χ3n) is 4.45. The fourth-order valence-corrected chi connectivity index (χ4v) is 3.03. The molecule has 1 aliphatic rings. The van der Waals surface area contributed by atoms with E-state index in [0.717, 1.165) is 16.7 Å². The van der Waals surface area contributed by atoms with Gasteiger partial charge in [-0.15, -0.1) is 0 Å². The maximum atomic E-state index is 12.5.